The second-order valence-electron chi connectivity index (χ2n) is 3.23. The van der Waals surface area contributed by atoms with Gasteiger partial charge in [-0.15, -0.1) is 5.10 Å². The SMILES string of the molecule is Cc1nnnn1-c1ccc(OCF)c(C=O)c1. The zero-order chi connectivity index (χ0) is 12.3. The van der Waals surface area contributed by atoms with E-state index in [9.17, 15) is 9.18 Å². The first-order chi connectivity index (χ1) is 8.26. The number of ether oxygens (including phenoxy) is 1. The normalized spacial score (nSPS) is 10.2. The fourth-order valence-corrected chi connectivity index (χ4v) is 1.42. The summed E-state index contributed by atoms with van der Waals surface area (Å²) in [6, 6.07) is 4.67. The minimum Gasteiger partial charge on any atom is -0.462 e. The molecule has 17 heavy (non-hydrogen) atoms. The number of hydrogen-bond donors (Lipinski definition) is 0. The molecule has 6 nitrogen and oxygen atoms in total. The molecule has 0 amide bonds. The topological polar surface area (TPSA) is 69.9 Å². The molecule has 1 aromatic carbocycles. The summed E-state index contributed by atoms with van der Waals surface area (Å²) < 4.78 is 18.2. The first-order valence-electron chi connectivity index (χ1n) is 4.79. The van der Waals surface area contributed by atoms with Crippen LogP contribution in [0.2, 0.25) is 0 Å². The molecule has 0 spiro atoms. The Bertz CT molecular complexity index is 541. The van der Waals surface area contributed by atoms with Crippen LogP contribution in [0.25, 0.3) is 5.69 Å². The molecular weight excluding hydrogens is 227 g/mol. The quantitative estimate of drug-likeness (QED) is 0.743. The number of carbonyl (C=O) groups is 1. The molecule has 0 atom stereocenters. The highest BCUT2D eigenvalue weighted by Gasteiger charge is 2.08. The van der Waals surface area contributed by atoms with Gasteiger partial charge in [-0.3, -0.25) is 4.79 Å². The van der Waals surface area contributed by atoms with Gasteiger partial charge in [0.25, 0.3) is 0 Å². The lowest BCUT2D eigenvalue weighted by Gasteiger charge is -2.07. The first-order valence-corrected chi connectivity index (χ1v) is 4.79. The summed E-state index contributed by atoms with van der Waals surface area (Å²) in [5, 5.41) is 11.0. The molecule has 7 heteroatoms. The van der Waals surface area contributed by atoms with Gasteiger partial charge in [-0.25, -0.2) is 4.39 Å². The summed E-state index contributed by atoms with van der Waals surface area (Å²) in [6.07, 6.45) is 0.591. The van der Waals surface area contributed by atoms with Crippen molar-refractivity contribution in [1.29, 1.82) is 0 Å². The maximum Gasteiger partial charge on any atom is 0.228 e. The number of rotatable bonds is 4. The predicted molar refractivity (Wildman–Crippen MR) is 55.9 cm³/mol. The number of halogens is 1. The van der Waals surface area contributed by atoms with Crippen molar-refractivity contribution in [2.24, 2.45) is 0 Å². The van der Waals surface area contributed by atoms with Crippen molar-refractivity contribution in [1.82, 2.24) is 20.2 Å². The summed E-state index contributed by atoms with van der Waals surface area (Å²) >= 11 is 0. The van der Waals surface area contributed by atoms with Gasteiger partial charge in [0.2, 0.25) is 6.86 Å². The number of tetrazole rings is 1. The highest BCUT2D eigenvalue weighted by molar-refractivity contribution is 5.80. The molecule has 88 valence electrons. The van der Waals surface area contributed by atoms with Crippen LogP contribution >= 0.6 is 0 Å². The molecule has 0 radical (unpaired) electrons. The van der Waals surface area contributed by atoms with E-state index < -0.39 is 6.86 Å². The van der Waals surface area contributed by atoms with Crippen LogP contribution in [-0.2, 0) is 0 Å². The standard InChI is InChI=1S/C10H9FN4O2/c1-7-12-13-14-15(7)9-2-3-10(17-6-11)8(4-9)5-16/h2-5H,6H2,1H3. The molecule has 0 fully saturated rings. The zero-order valence-corrected chi connectivity index (χ0v) is 9.00. The summed E-state index contributed by atoms with van der Waals surface area (Å²) in [7, 11) is 0. The molecular formula is C10H9FN4O2. The van der Waals surface area contributed by atoms with E-state index in [1.54, 1.807) is 13.0 Å². The van der Waals surface area contributed by atoms with Crippen LogP contribution in [0.3, 0.4) is 0 Å². The predicted octanol–water partition coefficient (Wildman–Crippen LogP) is 1.09. The maximum absolute atomic E-state index is 12.1. The van der Waals surface area contributed by atoms with Crippen molar-refractivity contribution in [2.45, 2.75) is 6.92 Å². The van der Waals surface area contributed by atoms with Gasteiger partial charge >= 0.3 is 0 Å². The number of carbonyl (C=O) groups excluding carboxylic acids is 1. The van der Waals surface area contributed by atoms with E-state index in [4.69, 9.17) is 0 Å². The van der Waals surface area contributed by atoms with Crippen molar-refractivity contribution in [3.05, 3.63) is 29.6 Å². The minimum atomic E-state index is -0.982. The summed E-state index contributed by atoms with van der Waals surface area (Å²) in [5.41, 5.74) is 0.857. The molecule has 0 aliphatic rings. The largest absolute Gasteiger partial charge is 0.462 e. The van der Waals surface area contributed by atoms with Crippen LogP contribution in [0.4, 0.5) is 4.39 Å². The number of nitrogens with zero attached hydrogens (tertiary/aromatic N) is 4. The van der Waals surface area contributed by atoms with E-state index in [2.05, 4.69) is 20.3 Å². The van der Waals surface area contributed by atoms with Crippen molar-refractivity contribution in [3.8, 4) is 11.4 Å². The average Bonchev–Trinajstić information content (AvgIpc) is 2.76. The molecule has 0 unspecified atom stereocenters. The van der Waals surface area contributed by atoms with Crippen molar-refractivity contribution in [3.63, 3.8) is 0 Å². The molecule has 1 heterocycles. The lowest BCUT2D eigenvalue weighted by atomic mass is 10.2. The highest BCUT2D eigenvalue weighted by atomic mass is 19.1. The average molecular weight is 236 g/mol. The fraction of sp³-hybridized carbons (Fsp3) is 0.200. The van der Waals surface area contributed by atoms with Gasteiger partial charge in [-0.1, -0.05) is 0 Å². The van der Waals surface area contributed by atoms with E-state index in [1.165, 1.54) is 16.8 Å². The number of aldehydes is 1. The summed E-state index contributed by atoms with van der Waals surface area (Å²) in [5.74, 6) is 0.776. The van der Waals surface area contributed by atoms with Gasteiger partial charge in [-0.2, -0.15) is 4.68 Å². The minimum absolute atomic E-state index is 0.192. The molecule has 2 aromatic rings. The van der Waals surface area contributed by atoms with Crippen LogP contribution < -0.4 is 4.74 Å². The Morgan fingerprint density at radius 3 is 2.94 bits per heavy atom. The second kappa shape index (κ2) is 4.69. The van der Waals surface area contributed by atoms with Gasteiger partial charge in [-0.05, 0) is 35.5 Å². The molecule has 0 bridgehead atoms. The van der Waals surface area contributed by atoms with Gasteiger partial charge in [0.15, 0.2) is 12.1 Å². The Morgan fingerprint density at radius 1 is 1.53 bits per heavy atom. The smallest absolute Gasteiger partial charge is 0.228 e. The lowest BCUT2D eigenvalue weighted by Crippen LogP contribution is -2.02. The van der Waals surface area contributed by atoms with Crippen molar-refractivity contribution in [2.75, 3.05) is 6.86 Å². The Morgan fingerprint density at radius 2 is 2.35 bits per heavy atom. The fourth-order valence-electron chi connectivity index (χ4n) is 1.42. The number of aromatic nitrogens is 4. The van der Waals surface area contributed by atoms with E-state index in [0.29, 0.717) is 17.8 Å². The third-order valence-electron chi connectivity index (χ3n) is 2.20. The molecule has 0 saturated carbocycles. The van der Waals surface area contributed by atoms with E-state index >= 15 is 0 Å². The van der Waals surface area contributed by atoms with E-state index in [1.807, 2.05) is 0 Å². The third kappa shape index (κ3) is 2.12. The Kier molecular flexibility index (Phi) is 3.08. The van der Waals surface area contributed by atoms with Crippen LogP contribution in [-0.4, -0.2) is 33.4 Å². The number of benzene rings is 1. The molecule has 0 N–H and O–H groups in total. The number of hydrogen-bond acceptors (Lipinski definition) is 5. The van der Waals surface area contributed by atoms with Crippen LogP contribution in [0.15, 0.2) is 18.2 Å². The monoisotopic (exact) mass is 236 g/mol. The summed E-state index contributed by atoms with van der Waals surface area (Å²) in [6.45, 7) is 0.747. The molecule has 0 aliphatic carbocycles. The highest BCUT2D eigenvalue weighted by Crippen LogP contribution is 2.20. The maximum atomic E-state index is 12.1. The molecule has 1 aromatic heterocycles. The van der Waals surface area contributed by atoms with Gasteiger partial charge < -0.3 is 4.74 Å². The van der Waals surface area contributed by atoms with Gasteiger partial charge in [0, 0.05) is 0 Å². The van der Waals surface area contributed by atoms with Gasteiger partial charge in [0.1, 0.15) is 5.75 Å². The third-order valence-corrected chi connectivity index (χ3v) is 2.20. The summed E-state index contributed by atoms with van der Waals surface area (Å²) in [4.78, 5) is 10.8. The van der Waals surface area contributed by atoms with E-state index in [0.717, 1.165) is 0 Å². The number of aryl methyl sites for hydroxylation is 1. The molecule has 0 aliphatic heterocycles. The molecule has 2 rings (SSSR count). The van der Waals surface area contributed by atoms with Crippen LogP contribution in [0.1, 0.15) is 16.2 Å². The van der Waals surface area contributed by atoms with Gasteiger partial charge in [0.05, 0.1) is 11.3 Å². The zero-order valence-electron chi connectivity index (χ0n) is 9.00. The molecule has 0 saturated heterocycles. The first kappa shape index (κ1) is 11.2. The Hall–Kier alpha value is -2.31. The Labute approximate surface area is 96.0 Å². The van der Waals surface area contributed by atoms with Crippen LogP contribution in [0.5, 0.6) is 5.75 Å². The van der Waals surface area contributed by atoms with Crippen LogP contribution in [0, 0.1) is 6.92 Å². The van der Waals surface area contributed by atoms with Crippen molar-refractivity contribution < 1.29 is 13.9 Å². The number of alkyl halides is 1. The van der Waals surface area contributed by atoms with Crippen molar-refractivity contribution >= 4 is 6.29 Å². The van der Waals surface area contributed by atoms with E-state index in [-0.39, 0.29) is 11.3 Å². The Balaban J connectivity index is 2.45. The second-order valence-corrected chi connectivity index (χ2v) is 3.23. The lowest BCUT2D eigenvalue weighted by molar-refractivity contribution is 0.111.